The summed E-state index contributed by atoms with van der Waals surface area (Å²) in [5, 5.41) is 3.25. The van der Waals surface area contributed by atoms with Crippen LogP contribution in [0.3, 0.4) is 0 Å². The van der Waals surface area contributed by atoms with Crippen LogP contribution in [0.4, 0.5) is 17.3 Å². The lowest BCUT2D eigenvalue weighted by Crippen LogP contribution is -2.14. The molecule has 0 saturated heterocycles. The molecule has 2 aromatic rings. The van der Waals surface area contributed by atoms with Crippen LogP contribution >= 0.6 is 0 Å². The molecule has 0 atom stereocenters. The van der Waals surface area contributed by atoms with Crippen molar-refractivity contribution < 1.29 is 0 Å². The number of nitrogen functional groups attached to an aromatic ring is 1. The molecule has 0 fully saturated rings. The zero-order chi connectivity index (χ0) is 13.2. The normalized spacial score (nSPS) is 11.3. The van der Waals surface area contributed by atoms with Crippen LogP contribution < -0.4 is 11.1 Å². The van der Waals surface area contributed by atoms with Crippen LogP contribution in [0.25, 0.3) is 0 Å². The van der Waals surface area contributed by atoms with E-state index in [9.17, 15) is 0 Å². The number of anilines is 3. The Morgan fingerprint density at radius 3 is 2.39 bits per heavy atom. The minimum Gasteiger partial charge on any atom is -0.381 e. The van der Waals surface area contributed by atoms with E-state index in [0.29, 0.717) is 11.6 Å². The van der Waals surface area contributed by atoms with E-state index in [2.05, 4.69) is 42.1 Å². The van der Waals surface area contributed by atoms with E-state index in [-0.39, 0.29) is 5.41 Å². The van der Waals surface area contributed by atoms with Gasteiger partial charge in [-0.05, 0) is 17.0 Å². The van der Waals surface area contributed by atoms with E-state index in [0.717, 1.165) is 5.69 Å². The molecule has 2 rings (SSSR count). The summed E-state index contributed by atoms with van der Waals surface area (Å²) in [6, 6.07) is 8.15. The van der Waals surface area contributed by atoms with Gasteiger partial charge in [0, 0.05) is 18.1 Å². The second-order valence-electron chi connectivity index (χ2n) is 5.21. The number of benzene rings is 1. The first-order valence-corrected chi connectivity index (χ1v) is 5.91. The molecule has 3 N–H and O–H groups in total. The van der Waals surface area contributed by atoms with Crippen molar-refractivity contribution in [3.63, 3.8) is 0 Å². The van der Waals surface area contributed by atoms with E-state index >= 15 is 0 Å². The molecule has 0 amide bonds. The van der Waals surface area contributed by atoms with Crippen LogP contribution in [0.2, 0.25) is 0 Å². The molecule has 0 aliphatic carbocycles. The van der Waals surface area contributed by atoms with Gasteiger partial charge in [-0.2, -0.15) is 0 Å². The molecule has 1 aromatic carbocycles. The summed E-state index contributed by atoms with van der Waals surface area (Å²) in [6.07, 6.45) is 3.20. The summed E-state index contributed by atoms with van der Waals surface area (Å²) in [4.78, 5) is 8.22. The summed E-state index contributed by atoms with van der Waals surface area (Å²) >= 11 is 0. The molecule has 1 aromatic heterocycles. The first kappa shape index (κ1) is 12.4. The first-order chi connectivity index (χ1) is 8.48. The Bertz CT molecular complexity index is 543. The van der Waals surface area contributed by atoms with Gasteiger partial charge in [0.1, 0.15) is 0 Å². The summed E-state index contributed by atoms with van der Waals surface area (Å²) < 4.78 is 0. The third-order valence-electron chi connectivity index (χ3n) is 2.71. The monoisotopic (exact) mass is 242 g/mol. The molecule has 0 aliphatic heterocycles. The van der Waals surface area contributed by atoms with E-state index in [4.69, 9.17) is 5.73 Å². The molecule has 4 heteroatoms. The van der Waals surface area contributed by atoms with E-state index in [1.165, 1.54) is 5.56 Å². The second-order valence-corrected chi connectivity index (χ2v) is 5.21. The third-order valence-corrected chi connectivity index (χ3v) is 2.71. The predicted octanol–water partition coefficient (Wildman–Crippen LogP) is 3.10. The van der Waals surface area contributed by atoms with Crippen molar-refractivity contribution in [1.29, 1.82) is 0 Å². The zero-order valence-corrected chi connectivity index (χ0v) is 10.9. The minimum atomic E-state index is 0.0561. The number of hydrogen-bond acceptors (Lipinski definition) is 4. The van der Waals surface area contributed by atoms with Gasteiger partial charge in [0.2, 0.25) is 0 Å². The van der Waals surface area contributed by atoms with Gasteiger partial charge in [-0.15, -0.1) is 0 Å². The molecule has 0 bridgehead atoms. The Morgan fingerprint density at radius 1 is 1.06 bits per heavy atom. The lowest BCUT2D eigenvalue weighted by atomic mass is 9.86. The van der Waals surface area contributed by atoms with Gasteiger partial charge in [0.15, 0.2) is 11.6 Å². The molecular weight excluding hydrogens is 224 g/mol. The summed E-state index contributed by atoms with van der Waals surface area (Å²) in [7, 11) is 0. The van der Waals surface area contributed by atoms with Crippen molar-refractivity contribution in [3.05, 3.63) is 42.2 Å². The summed E-state index contributed by atoms with van der Waals surface area (Å²) in [5.41, 5.74) is 8.08. The van der Waals surface area contributed by atoms with Crippen molar-refractivity contribution in [1.82, 2.24) is 9.97 Å². The largest absolute Gasteiger partial charge is 0.381 e. The highest BCUT2D eigenvalue weighted by molar-refractivity contribution is 5.68. The molecule has 0 saturated carbocycles. The van der Waals surface area contributed by atoms with Crippen LogP contribution in [0.5, 0.6) is 0 Å². The molecule has 94 valence electrons. The van der Waals surface area contributed by atoms with E-state index in [1.54, 1.807) is 12.4 Å². The molecule has 1 heterocycles. The van der Waals surface area contributed by atoms with Gasteiger partial charge in [-0.1, -0.05) is 39.0 Å². The lowest BCUT2D eigenvalue weighted by molar-refractivity contribution is 0.592. The average molecular weight is 242 g/mol. The van der Waals surface area contributed by atoms with Crippen molar-refractivity contribution in [3.8, 4) is 0 Å². The Balaban J connectivity index is 2.39. The topological polar surface area (TPSA) is 63.8 Å². The summed E-state index contributed by atoms with van der Waals surface area (Å²) in [5.74, 6) is 0.996. The number of rotatable bonds is 2. The number of nitrogens with two attached hydrogens (primary N) is 1. The van der Waals surface area contributed by atoms with E-state index < -0.39 is 0 Å². The number of nitrogens with one attached hydrogen (secondary N) is 1. The molecule has 0 unspecified atom stereocenters. The zero-order valence-electron chi connectivity index (χ0n) is 10.9. The maximum absolute atomic E-state index is 5.79. The standard InChI is InChI=1S/C14H18N4/c1-14(2,3)10-6-4-5-7-11(10)18-13-12(15)16-8-9-17-13/h4-9H,1-3H3,(H2,15,16)(H,17,18). The lowest BCUT2D eigenvalue weighted by Gasteiger charge is -2.23. The highest BCUT2D eigenvalue weighted by Crippen LogP contribution is 2.31. The average Bonchev–Trinajstić information content (AvgIpc) is 2.31. The fourth-order valence-electron chi connectivity index (χ4n) is 1.82. The summed E-state index contributed by atoms with van der Waals surface area (Å²) in [6.45, 7) is 6.52. The Hall–Kier alpha value is -2.10. The van der Waals surface area contributed by atoms with E-state index in [1.807, 2.05) is 18.2 Å². The van der Waals surface area contributed by atoms with Gasteiger partial charge < -0.3 is 11.1 Å². The van der Waals surface area contributed by atoms with Gasteiger partial charge in [0.05, 0.1) is 0 Å². The number of para-hydroxylation sites is 1. The van der Waals surface area contributed by atoms with Crippen LogP contribution in [-0.4, -0.2) is 9.97 Å². The van der Waals surface area contributed by atoms with Gasteiger partial charge in [-0.3, -0.25) is 0 Å². The SMILES string of the molecule is CC(C)(C)c1ccccc1Nc1nccnc1N. The fourth-order valence-corrected chi connectivity index (χ4v) is 1.82. The molecular formula is C14H18N4. The second kappa shape index (κ2) is 4.64. The van der Waals surface area contributed by atoms with Crippen molar-refractivity contribution in [2.75, 3.05) is 11.1 Å². The van der Waals surface area contributed by atoms with Gasteiger partial charge >= 0.3 is 0 Å². The Morgan fingerprint density at radius 2 is 1.72 bits per heavy atom. The fraction of sp³-hybridized carbons (Fsp3) is 0.286. The van der Waals surface area contributed by atoms with Crippen LogP contribution in [0.1, 0.15) is 26.3 Å². The molecule has 0 radical (unpaired) electrons. The molecule has 0 aliphatic rings. The minimum absolute atomic E-state index is 0.0561. The maximum atomic E-state index is 5.79. The number of aromatic nitrogens is 2. The molecule has 4 nitrogen and oxygen atoms in total. The quantitative estimate of drug-likeness (QED) is 0.849. The maximum Gasteiger partial charge on any atom is 0.173 e. The molecule has 18 heavy (non-hydrogen) atoms. The van der Waals surface area contributed by atoms with Crippen molar-refractivity contribution >= 4 is 17.3 Å². The third kappa shape index (κ3) is 2.59. The Kier molecular flexibility index (Phi) is 3.19. The van der Waals surface area contributed by atoms with Crippen LogP contribution in [-0.2, 0) is 5.41 Å². The smallest absolute Gasteiger partial charge is 0.173 e. The van der Waals surface area contributed by atoms with Crippen molar-refractivity contribution in [2.24, 2.45) is 0 Å². The van der Waals surface area contributed by atoms with Crippen LogP contribution in [0.15, 0.2) is 36.7 Å². The van der Waals surface area contributed by atoms with Gasteiger partial charge in [-0.25, -0.2) is 9.97 Å². The number of hydrogen-bond donors (Lipinski definition) is 2. The van der Waals surface area contributed by atoms with Crippen LogP contribution in [0, 0.1) is 0 Å². The molecule has 0 spiro atoms. The highest BCUT2D eigenvalue weighted by atomic mass is 15.1. The van der Waals surface area contributed by atoms with Gasteiger partial charge in [0.25, 0.3) is 0 Å². The first-order valence-electron chi connectivity index (χ1n) is 5.91. The Labute approximate surface area is 107 Å². The van der Waals surface area contributed by atoms with Crippen molar-refractivity contribution in [2.45, 2.75) is 26.2 Å². The highest BCUT2D eigenvalue weighted by Gasteiger charge is 2.18. The predicted molar refractivity (Wildman–Crippen MR) is 74.9 cm³/mol. The number of nitrogens with zero attached hydrogens (tertiary/aromatic N) is 2.